The van der Waals surface area contributed by atoms with Crippen LogP contribution in [-0.4, -0.2) is 17.5 Å². The number of anilines is 1. The zero-order valence-corrected chi connectivity index (χ0v) is 9.10. The number of hydrogen-bond donors (Lipinski definition) is 1. The molecule has 0 saturated carbocycles. The van der Waals surface area contributed by atoms with Gasteiger partial charge in [-0.1, -0.05) is 11.6 Å². The van der Waals surface area contributed by atoms with Gasteiger partial charge in [0.15, 0.2) is 6.61 Å². The number of rotatable bonds is 3. The summed E-state index contributed by atoms with van der Waals surface area (Å²) in [5.41, 5.74) is 4.74. The van der Waals surface area contributed by atoms with Crippen LogP contribution in [-0.2, 0) is 4.74 Å². The number of carbonyl (C=O) groups excluding carboxylic acids is 1. The van der Waals surface area contributed by atoms with Crippen molar-refractivity contribution >= 4 is 28.9 Å². The van der Waals surface area contributed by atoms with Gasteiger partial charge in [-0.15, -0.1) is 0 Å². The predicted octanol–water partition coefficient (Wildman–Crippen LogP) is 1.51. The van der Waals surface area contributed by atoms with Gasteiger partial charge in [0.1, 0.15) is 6.07 Å². The van der Waals surface area contributed by atoms with Crippen molar-refractivity contribution in [1.29, 1.82) is 5.26 Å². The van der Waals surface area contributed by atoms with E-state index in [4.69, 9.17) is 22.6 Å². The Morgan fingerprint density at radius 3 is 2.82 bits per heavy atom. The molecule has 0 saturated heterocycles. The van der Waals surface area contributed by atoms with Crippen molar-refractivity contribution in [1.82, 2.24) is 0 Å². The summed E-state index contributed by atoms with van der Waals surface area (Å²) in [6.45, 7) is -0.474. The number of nitro groups is 1. The minimum atomic E-state index is -0.936. The summed E-state index contributed by atoms with van der Waals surface area (Å²) in [5.74, 6) is -0.936. The lowest BCUT2D eigenvalue weighted by molar-refractivity contribution is -0.384. The normalized spacial score (nSPS) is 9.41. The molecule has 0 unspecified atom stereocenters. The van der Waals surface area contributed by atoms with E-state index >= 15 is 0 Å². The van der Waals surface area contributed by atoms with Crippen molar-refractivity contribution in [3.63, 3.8) is 0 Å². The molecule has 0 aliphatic rings. The minimum Gasteiger partial charge on any atom is -0.447 e. The molecule has 0 fully saturated rings. The first kappa shape index (κ1) is 12.7. The van der Waals surface area contributed by atoms with E-state index in [1.165, 1.54) is 0 Å². The molecule has 1 aromatic carbocycles. The molecule has 0 bridgehead atoms. The third kappa shape index (κ3) is 2.83. The maximum atomic E-state index is 11.4. The molecule has 0 spiro atoms. The Balaban J connectivity index is 3.19. The van der Waals surface area contributed by atoms with Crippen molar-refractivity contribution in [3.8, 4) is 6.07 Å². The van der Waals surface area contributed by atoms with Gasteiger partial charge < -0.3 is 10.5 Å². The number of non-ortho nitro benzene ring substituents is 1. The molecular weight excluding hydrogens is 250 g/mol. The van der Waals surface area contributed by atoms with Gasteiger partial charge in [-0.2, -0.15) is 5.26 Å². The van der Waals surface area contributed by atoms with Gasteiger partial charge in [-0.05, 0) is 0 Å². The molecule has 0 heterocycles. The van der Waals surface area contributed by atoms with E-state index in [1.807, 2.05) is 0 Å². The average molecular weight is 256 g/mol. The molecule has 2 N–H and O–H groups in total. The Morgan fingerprint density at radius 1 is 1.65 bits per heavy atom. The number of halogens is 1. The maximum absolute atomic E-state index is 11.4. The molecule has 8 heteroatoms. The summed E-state index contributed by atoms with van der Waals surface area (Å²) in [7, 11) is 0. The quantitative estimate of drug-likeness (QED) is 0.378. The van der Waals surface area contributed by atoms with E-state index in [0.717, 1.165) is 12.1 Å². The number of esters is 1. The van der Waals surface area contributed by atoms with Crippen LogP contribution < -0.4 is 5.73 Å². The van der Waals surface area contributed by atoms with Crippen LogP contribution in [0.15, 0.2) is 12.1 Å². The SMILES string of the molecule is N#CCOC(=O)c1cc([N+](=O)[O-])cc(Cl)c1N. The lowest BCUT2D eigenvalue weighted by Crippen LogP contribution is -2.09. The topological polar surface area (TPSA) is 119 Å². The Kier molecular flexibility index (Phi) is 3.85. The van der Waals surface area contributed by atoms with Crippen molar-refractivity contribution in [2.24, 2.45) is 0 Å². The second-order valence-corrected chi connectivity index (χ2v) is 3.29. The van der Waals surface area contributed by atoms with E-state index in [0.29, 0.717) is 0 Å². The van der Waals surface area contributed by atoms with Crippen molar-refractivity contribution in [3.05, 3.63) is 32.8 Å². The monoisotopic (exact) mass is 255 g/mol. The number of nitrogens with two attached hydrogens (primary N) is 1. The number of nitrogen functional groups attached to an aromatic ring is 1. The van der Waals surface area contributed by atoms with Crippen LogP contribution in [0.3, 0.4) is 0 Å². The van der Waals surface area contributed by atoms with Gasteiger partial charge in [-0.25, -0.2) is 4.79 Å². The fourth-order valence-corrected chi connectivity index (χ4v) is 1.27. The number of hydrogen-bond acceptors (Lipinski definition) is 6. The summed E-state index contributed by atoms with van der Waals surface area (Å²) in [5, 5.41) is 18.7. The Bertz CT molecular complexity index is 524. The summed E-state index contributed by atoms with van der Waals surface area (Å²) >= 11 is 5.64. The van der Waals surface area contributed by atoms with E-state index in [1.54, 1.807) is 6.07 Å². The van der Waals surface area contributed by atoms with Crippen LogP contribution in [0, 0.1) is 21.4 Å². The molecule has 17 heavy (non-hydrogen) atoms. The second kappa shape index (κ2) is 5.14. The molecule has 0 atom stereocenters. The summed E-state index contributed by atoms with van der Waals surface area (Å²) in [4.78, 5) is 21.3. The van der Waals surface area contributed by atoms with E-state index < -0.39 is 17.5 Å². The fourth-order valence-electron chi connectivity index (χ4n) is 1.05. The predicted molar refractivity (Wildman–Crippen MR) is 58.4 cm³/mol. The largest absolute Gasteiger partial charge is 0.447 e. The smallest absolute Gasteiger partial charge is 0.341 e. The summed E-state index contributed by atoms with van der Waals surface area (Å²) in [6.07, 6.45) is 0. The lowest BCUT2D eigenvalue weighted by Gasteiger charge is -2.05. The number of nitro benzene ring substituents is 1. The highest BCUT2D eigenvalue weighted by Gasteiger charge is 2.19. The third-order valence-corrected chi connectivity index (χ3v) is 2.13. The van der Waals surface area contributed by atoms with E-state index in [2.05, 4.69) is 4.74 Å². The standard InChI is InChI=1S/C9H6ClN3O4/c10-7-4-5(13(15)16)3-6(8(7)12)9(14)17-2-1-11/h3-4H,2,12H2. The van der Waals surface area contributed by atoms with Gasteiger partial charge in [-0.3, -0.25) is 10.1 Å². The highest BCUT2D eigenvalue weighted by Crippen LogP contribution is 2.29. The molecule has 0 aromatic heterocycles. The van der Waals surface area contributed by atoms with Gasteiger partial charge in [0, 0.05) is 12.1 Å². The first-order chi connectivity index (χ1) is 7.97. The van der Waals surface area contributed by atoms with E-state index in [-0.39, 0.29) is 22.0 Å². The number of nitriles is 1. The van der Waals surface area contributed by atoms with Crippen LogP contribution in [0.1, 0.15) is 10.4 Å². The van der Waals surface area contributed by atoms with Crippen LogP contribution >= 0.6 is 11.6 Å². The number of nitrogens with zero attached hydrogens (tertiary/aromatic N) is 2. The molecule has 1 rings (SSSR count). The van der Waals surface area contributed by atoms with Crippen LogP contribution in [0.2, 0.25) is 5.02 Å². The van der Waals surface area contributed by atoms with Crippen LogP contribution in [0.25, 0.3) is 0 Å². The number of benzene rings is 1. The lowest BCUT2D eigenvalue weighted by atomic mass is 10.1. The Morgan fingerprint density at radius 2 is 2.29 bits per heavy atom. The van der Waals surface area contributed by atoms with Crippen LogP contribution in [0.5, 0.6) is 0 Å². The first-order valence-corrected chi connectivity index (χ1v) is 4.62. The highest BCUT2D eigenvalue weighted by atomic mass is 35.5. The van der Waals surface area contributed by atoms with Gasteiger partial charge in [0.2, 0.25) is 0 Å². The van der Waals surface area contributed by atoms with Crippen molar-refractivity contribution in [2.75, 3.05) is 12.3 Å². The highest BCUT2D eigenvalue weighted by molar-refractivity contribution is 6.34. The molecule has 7 nitrogen and oxygen atoms in total. The van der Waals surface area contributed by atoms with Gasteiger partial charge in [0.25, 0.3) is 5.69 Å². The average Bonchev–Trinajstić information content (AvgIpc) is 2.29. The molecular formula is C9H6ClN3O4. The molecule has 1 aromatic rings. The molecule has 88 valence electrons. The summed E-state index contributed by atoms with van der Waals surface area (Å²) < 4.78 is 4.49. The zero-order valence-electron chi connectivity index (χ0n) is 8.34. The first-order valence-electron chi connectivity index (χ1n) is 4.25. The van der Waals surface area contributed by atoms with Crippen molar-refractivity contribution in [2.45, 2.75) is 0 Å². The number of carbonyl (C=O) groups is 1. The van der Waals surface area contributed by atoms with Gasteiger partial charge in [0.05, 0.1) is 21.2 Å². The Hall–Kier alpha value is -2.33. The molecule has 0 radical (unpaired) electrons. The van der Waals surface area contributed by atoms with Gasteiger partial charge >= 0.3 is 5.97 Å². The molecule has 0 aliphatic heterocycles. The minimum absolute atomic E-state index is 0.122. The third-order valence-electron chi connectivity index (χ3n) is 1.81. The fraction of sp³-hybridized carbons (Fsp3) is 0.111. The Labute approximate surface area is 100 Å². The zero-order chi connectivity index (χ0) is 13.0. The number of ether oxygens (including phenoxy) is 1. The summed E-state index contributed by atoms with van der Waals surface area (Å²) in [6, 6.07) is 3.56. The second-order valence-electron chi connectivity index (χ2n) is 2.88. The molecule has 0 amide bonds. The molecule has 0 aliphatic carbocycles. The van der Waals surface area contributed by atoms with Crippen molar-refractivity contribution < 1.29 is 14.5 Å². The van der Waals surface area contributed by atoms with Crippen LogP contribution in [0.4, 0.5) is 11.4 Å². The van der Waals surface area contributed by atoms with E-state index in [9.17, 15) is 14.9 Å². The maximum Gasteiger partial charge on any atom is 0.341 e.